The quantitative estimate of drug-likeness (QED) is 0.750. The van der Waals surface area contributed by atoms with E-state index in [1.165, 1.54) is 11.1 Å². The van der Waals surface area contributed by atoms with Crippen LogP contribution in [0.4, 0.5) is 5.69 Å². The van der Waals surface area contributed by atoms with Crippen LogP contribution in [-0.2, 0) is 24.1 Å². The summed E-state index contributed by atoms with van der Waals surface area (Å²) in [5, 5.41) is 3.16. The van der Waals surface area contributed by atoms with E-state index < -0.39 is 0 Å². The van der Waals surface area contributed by atoms with Gasteiger partial charge in [0.25, 0.3) is 0 Å². The molecule has 1 N–H and O–H groups in total. The van der Waals surface area contributed by atoms with Gasteiger partial charge >= 0.3 is 0 Å². The fourth-order valence-corrected chi connectivity index (χ4v) is 3.10. The summed E-state index contributed by atoms with van der Waals surface area (Å²) in [7, 11) is 3.23. The Morgan fingerprint density at radius 3 is 2.15 bits per heavy atom. The van der Waals surface area contributed by atoms with Crippen LogP contribution >= 0.6 is 0 Å². The van der Waals surface area contributed by atoms with Gasteiger partial charge in [-0.3, -0.25) is 4.79 Å². The molecule has 2 aromatic rings. The first-order valence-corrected chi connectivity index (χ1v) is 9.16. The zero-order chi connectivity index (χ0) is 19.1. The summed E-state index contributed by atoms with van der Waals surface area (Å²) in [5.74, 6) is 1.26. The number of hydrogen-bond donors (Lipinski definition) is 1. The third kappa shape index (κ3) is 4.57. The first-order chi connectivity index (χ1) is 12.5. The summed E-state index contributed by atoms with van der Waals surface area (Å²) in [6, 6.07) is 12.0. The van der Waals surface area contributed by atoms with Crippen LogP contribution in [-0.4, -0.2) is 20.1 Å². The first-order valence-electron chi connectivity index (χ1n) is 9.16. The molecule has 0 bridgehead atoms. The van der Waals surface area contributed by atoms with E-state index in [4.69, 9.17) is 9.47 Å². The predicted octanol–water partition coefficient (Wildman–Crippen LogP) is 4.65. The van der Waals surface area contributed by atoms with E-state index in [0.717, 1.165) is 24.1 Å². The molecule has 0 heterocycles. The van der Waals surface area contributed by atoms with Gasteiger partial charge in [-0.15, -0.1) is 0 Å². The molecule has 4 nitrogen and oxygen atoms in total. The lowest BCUT2D eigenvalue weighted by Gasteiger charge is -2.18. The van der Waals surface area contributed by atoms with E-state index >= 15 is 0 Å². The highest BCUT2D eigenvalue weighted by Crippen LogP contribution is 2.29. The molecule has 0 aliphatic heterocycles. The monoisotopic (exact) mass is 355 g/mol. The number of rotatable bonds is 8. The van der Waals surface area contributed by atoms with Gasteiger partial charge in [-0.2, -0.15) is 0 Å². The van der Waals surface area contributed by atoms with Gasteiger partial charge in [-0.25, -0.2) is 0 Å². The molecular formula is C22H29NO3. The van der Waals surface area contributed by atoms with Gasteiger partial charge in [0.1, 0.15) is 0 Å². The molecule has 0 aliphatic rings. The molecule has 0 fully saturated rings. The summed E-state index contributed by atoms with van der Waals surface area (Å²) in [5.41, 5.74) is 4.37. The van der Waals surface area contributed by atoms with Crippen LogP contribution in [0, 0.1) is 5.92 Å². The van der Waals surface area contributed by atoms with Gasteiger partial charge in [-0.1, -0.05) is 45.0 Å². The van der Waals surface area contributed by atoms with Crippen molar-refractivity contribution in [3.8, 4) is 11.5 Å². The lowest BCUT2D eigenvalue weighted by Crippen LogP contribution is -2.23. The zero-order valence-electron chi connectivity index (χ0n) is 16.4. The van der Waals surface area contributed by atoms with Crippen molar-refractivity contribution in [2.24, 2.45) is 5.92 Å². The Morgan fingerprint density at radius 2 is 1.62 bits per heavy atom. The summed E-state index contributed by atoms with van der Waals surface area (Å²) in [6.45, 7) is 6.17. The van der Waals surface area contributed by atoms with Crippen LogP contribution in [0.1, 0.15) is 37.5 Å². The van der Waals surface area contributed by atoms with Crippen LogP contribution in [0.15, 0.2) is 36.4 Å². The minimum Gasteiger partial charge on any atom is -0.493 e. The van der Waals surface area contributed by atoms with Crippen LogP contribution in [0.5, 0.6) is 11.5 Å². The first kappa shape index (κ1) is 19.8. The number of methoxy groups -OCH3 is 2. The highest BCUT2D eigenvalue weighted by atomic mass is 16.5. The average molecular weight is 355 g/mol. The Morgan fingerprint density at radius 1 is 1.00 bits per heavy atom. The summed E-state index contributed by atoms with van der Waals surface area (Å²) < 4.78 is 10.6. The van der Waals surface area contributed by atoms with Gasteiger partial charge in [0.15, 0.2) is 11.5 Å². The molecule has 0 saturated carbocycles. The van der Waals surface area contributed by atoms with E-state index in [1.54, 1.807) is 14.2 Å². The maximum Gasteiger partial charge on any atom is 0.227 e. The number of carbonyl (C=O) groups excluding carboxylic acids is 1. The summed E-state index contributed by atoms with van der Waals surface area (Å²) in [4.78, 5) is 12.8. The highest BCUT2D eigenvalue weighted by Gasteiger charge is 2.17. The second-order valence-electron chi connectivity index (χ2n) is 6.44. The Balaban J connectivity index is 2.14. The minimum absolute atomic E-state index is 0.0374. The Kier molecular flexibility index (Phi) is 7.07. The fraction of sp³-hybridized carbons (Fsp3) is 0.409. The van der Waals surface area contributed by atoms with Crippen molar-refractivity contribution in [1.29, 1.82) is 0 Å². The zero-order valence-corrected chi connectivity index (χ0v) is 16.4. The molecule has 140 valence electrons. The van der Waals surface area contributed by atoms with Crippen molar-refractivity contribution >= 4 is 11.6 Å². The van der Waals surface area contributed by atoms with E-state index in [-0.39, 0.29) is 11.8 Å². The van der Waals surface area contributed by atoms with Crippen molar-refractivity contribution in [2.45, 2.75) is 40.0 Å². The van der Waals surface area contributed by atoms with Crippen molar-refractivity contribution in [2.75, 3.05) is 19.5 Å². The molecular weight excluding hydrogens is 326 g/mol. The number of hydrogen-bond acceptors (Lipinski definition) is 3. The summed E-state index contributed by atoms with van der Waals surface area (Å²) in [6.07, 6.45) is 2.43. The number of carbonyl (C=O) groups is 1. The van der Waals surface area contributed by atoms with Crippen LogP contribution < -0.4 is 14.8 Å². The predicted molar refractivity (Wildman–Crippen MR) is 106 cm³/mol. The fourth-order valence-electron chi connectivity index (χ4n) is 3.10. The number of para-hydroxylation sites is 1. The largest absolute Gasteiger partial charge is 0.493 e. The van der Waals surface area contributed by atoms with E-state index in [2.05, 4.69) is 37.4 Å². The molecule has 0 saturated heterocycles. The van der Waals surface area contributed by atoms with Crippen molar-refractivity contribution in [3.05, 3.63) is 53.1 Å². The molecule has 0 radical (unpaired) electrons. The molecule has 1 amide bonds. The topological polar surface area (TPSA) is 47.6 Å². The van der Waals surface area contributed by atoms with Crippen LogP contribution in [0.3, 0.4) is 0 Å². The van der Waals surface area contributed by atoms with Crippen molar-refractivity contribution in [1.82, 2.24) is 0 Å². The van der Waals surface area contributed by atoms with Gasteiger partial charge in [0.05, 0.1) is 14.2 Å². The van der Waals surface area contributed by atoms with Crippen molar-refractivity contribution in [3.63, 3.8) is 0 Å². The van der Waals surface area contributed by atoms with E-state index in [0.29, 0.717) is 17.9 Å². The number of anilines is 1. The van der Waals surface area contributed by atoms with E-state index in [9.17, 15) is 4.79 Å². The Labute approximate surface area is 156 Å². The van der Waals surface area contributed by atoms with E-state index in [1.807, 2.05) is 25.1 Å². The molecule has 2 aromatic carbocycles. The van der Waals surface area contributed by atoms with Gasteiger partial charge in [-0.05, 0) is 48.1 Å². The van der Waals surface area contributed by atoms with Crippen molar-refractivity contribution < 1.29 is 14.3 Å². The number of ether oxygens (including phenoxy) is 2. The lowest BCUT2D eigenvalue weighted by molar-refractivity contribution is -0.119. The highest BCUT2D eigenvalue weighted by molar-refractivity contribution is 5.94. The second kappa shape index (κ2) is 9.27. The molecule has 2 rings (SSSR count). The number of benzene rings is 2. The van der Waals surface area contributed by atoms with Crippen LogP contribution in [0.25, 0.3) is 0 Å². The molecule has 4 heteroatoms. The van der Waals surface area contributed by atoms with Crippen LogP contribution in [0.2, 0.25) is 0 Å². The molecule has 1 atom stereocenters. The van der Waals surface area contributed by atoms with Gasteiger partial charge in [0, 0.05) is 11.6 Å². The van der Waals surface area contributed by atoms with Gasteiger partial charge < -0.3 is 14.8 Å². The maximum atomic E-state index is 12.8. The average Bonchev–Trinajstić information content (AvgIpc) is 2.67. The van der Waals surface area contributed by atoms with Gasteiger partial charge in [0.2, 0.25) is 5.91 Å². The smallest absolute Gasteiger partial charge is 0.227 e. The standard InChI is InChI=1S/C22H29NO3/c1-6-17-9-8-10-18(7-2)21(17)23-22(24)15(3)13-16-11-12-19(25-4)20(14-16)26-5/h8-12,14-15H,6-7,13H2,1-5H3,(H,23,24). The third-order valence-electron chi connectivity index (χ3n) is 4.68. The lowest BCUT2D eigenvalue weighted by atomic mass is 9.98. The molecule has 1 unspecified atom stereocenters. The minimum atomic E-state index is -0.150. The molecule has 0 spiro atoms. The normalized spacial score (nSPS) is 11.7. The molecule has 0 aromatic heterocycles. The number of amides is 1. The summed E-state index contributed by atoms with van der Waals surface area (Å²) >= 11 is 0. The Hall–Kier alpha value is -2.49. The number of aryl methyl sites for hydroxylation is 2. The molecule has 0 aliphatic carbocycles. The number of nitrogens with one attached hydrogen (secondary N) is 1. The SMILES string of the molecule is CCc1cccc(CC)c1NC(=O)C(C)Cc1ccc(OC)c(OC)c1. The maximum absolute atomic E-state index is 12.8. The second-order valence-corrected chi connectivity index (χ2v) is 6.44. The molecule has 26 heavy (non-hydrogen) atoms. The Bertz CT molecular complexity index is 733. The third-order valence-corrected chi connectivity index (χ3v) is 4.68.